The molecule has 0 aromatic heterocycles. The predicted octanol–water partition coefficient (Wildman–Crippen LogP) is 8.92. The molecule has 1 heterocycles. The molecule has 1 saturated heterocycles. The van der Waals surface area contributed by atoms with Gasteiger partial charge in [-0.3, -0.25) is 0 Å². The molecule has 0 amide bonds. The molecule has 5 fully saturated rings. The molecule has 1 aromatic carbocycles. The van der Waals surface area contributed by atoms with Gasteiger partial charge in [-0.1, -0.05) is 52.3 Å². The Kier molecular flexibility index (Phi) is 7.87. The van der Waals surface area contributed by atoms with Crippen molar-refractivity contribution in [1.82, 2.24) is 10.2 Å². The first-order chi connectivity index (χ1) is 21.3. The largest absolute Gasteiger partial charge is 0.478 e. The molecule has 0 bridgehead atoms. The number of hydrogen-bond donors (Lipinski definition) is 2. The minimum atomic E-state index is -2.47. The number of nitrogens with one attached hydrogen (secondary N) is 1. The lowest BCUT2D eigenvalue weighted by atomic mass is 9.37. The average Bonchev–Trinajstić information content (AvgIpc) is 3.42. The number of alkyl halides is 2. The number of hydrogen-bond acceptors (Lipinski definition) is 3. The number of nitrogens with zero attached hydrogens (tertiary/aromatic N) is 1. The topological polar surface area (TPSA) is 52.6 Å². The van der Waals surface area contributed by atoms with Gasteiger partial charge in [-0.15, -0.1) is 0 Å². The molecule has 5 aliphatic carbocycles. The zero-order valence-electron chi connectivity index (χ0n) is 28.1. The number of benzene rings is 1. The Morgan fingerprint density at radius 3 is 2.31 bits per heavy atom. The minimum absolute atomic E-state index is 0.0121. The van der Waals surface area contributed by atoms with Crippen LogP contribution in [-0.2, 0) is 0 Å². The van der Waals surface area contributed by atoms with Gasteiger partial charge in [0.2, 0.25) is 0 Å². The van der Waals surface area contributed by atoms with Crippen LogP contribution in [0.15, 0.2) is 30.3 Å². The molecule has 0 spiro atoms. The molecule has 1 aromatic rings. The lowest BCUT2D eigenvalue weighted by Crippen LogP contribution is -2.63. The summed E-state index contributed by atoms with van der Waals surface area (Å²) in [6.07, 6.45) is 15.5. The first-order valence-electron chi connectivity index (χ1n) is 18.2. The molecule has 1 aliphatic heterocycles. The van der Waals surface area contributed by atoms with Crippen LogP contribution >= 0.6 is 0 Å². The summed E-state index contributed by atoms with van der Waals surface area (Å²) in [5.74, 6) is 0.374. The molecule has 4 nitrogen and oxygen atoms in total. The van der Waals surface area contributed by atoms with Crippen molar-refractivity contribution in [2.24, 2.45) is 45.8 Å². The number of fused-ring (bicyclic) bond motifs is 7. The molecule has 6 aliphatic rings. The minimum Gasteiger partial charge on any atom is -0.478 e. The van der Waals surface area contributed by atoms with Crippen LogP contribution in [0.1, 0.15) is 121 Å². The van der Waals surface area contributed by atoms with Crippen LogP contribution in [-0.4, -0.2) is 53.6 Å². The summed E-state index contributed by atoms with van der Waals surface area (Å²) >= 11 is 0. The molecule has 6 heteroatoms. The van der Waals surface area contributed by atoms with Gasteiger partial charge in [0, 0.05) is 44.6 Å². The van der Waals surface area contributed by atoms with Crippen LogP contribution in [0.2, 0.25) is 0 Å². The molecule has 45 heavy (non-hydrogen) atoms. The number of aromatic carboxylic acids is 1. The van der Waals surface area contributed by atoms with Crippen LogP contribution in [0, 0.1) is 45.8 Å². The van der Waals surface area contributed by atoms with Crippen molar-refractivity contribution in [3.8, 4) is 0 Å². The molecule has 8 unspecified atom stereocenters. The van der Waals surface area contributed by atoms with Crippen molar-refractivity contribution < 1.29 is 18.7 Å². The summed E-state index contributed by atoms with van der Waals surface area (Å²) in [6.45, 7) is 13.1. The third kappa shape index (κ3) is 5.14. The Morgan fingerprint density at radius 2 is 1.60 bits per heavy atom. The van der Waals surface area contributed by atoms with Gasteiger partial charge in [0.15, 0.2) is 0 Å². The van der Waals surface area contributed by atoms with Crippen LogP contribution in [0.5, 0.6) is 0 Å². The smallest absolute Gasteiger partial charge is 0.335 e. The number of piperidine rings is 1. The Hall–Kier alpha value is -1.79. The number of allylic oxidation sites excluding steroid dienone is 2. The second kappa shape index (κ2) is 11.1. The van der Waals surface area contributed by atoms with E-state index >= 15 is 0 Å². The van der Waals surface area contributed by atoms with Gasteiger partial charge < -0.3 is 15.3 Å². The van der Waals surface area contributed by atoms with Gasteiger partial charge in [0.1, 0.15) is 0 Å². The fourth-order valence-electron chi connectivity index (χ4n) is 13.0. The van der Waals surface area contributed by atoms with Crippen molar-refractivity contribution in [3.63, 3.8) is 0 Å². The van der Waals surface area contributed by atoms with E-state index in [-0.39, 0.29) is 29.2 Å². The monoisotopic (exact) mass is 622 g/mol. The molecule has 248 valence electrons. The fourth-order valence-corrected chi connectivity index (χ4v) is 13.0. The quantitative estimate of drug-likeness (QED) is 0.333. The van der Waals surface area contributed by atoms with Gasteiger partial charge in [-0.05, 0) is 127 Å². The number of likely N-dealkylation sites (tertiary alicyclic amines) is 1. The molecule has 8 atom stereocenters. The van der Waals surface area contributed by atoms with Crippen LogP contribution in [0.4, 0.5) is 8.78 Å². The van der Waals surface area contributed by atoms with Crippen molar-refractivity contribution in [2.75, 3.05) is 26.2 Å². The summed E-state index contributed by atoms with van der Waals surface area (Å²) in [5, 5.41) is 13.5. The third-order valence-corrected chi connectivity index (χ3v) is 15.0. The predicted molar refractivity (Wildman–Crippen MR) is 176 cm³/mol. The fraction of sp³-hybridized carbons (Fsp3) is 0.769. The zero-order chi connectivity index (χ0) is 31.8. The van der Waals surface area contributed by atoms with E-state index in [1.807, 2.05) is 12.1 Å². The SMILES string of the molecule is CC1(C)C(c2ccc(C(=O)O)cc2)=CCC2(C)C1CCC1(C)C3CCC4(NCCN5CCC(F)(F)CC5)CCCC4C3CCC12. The van der Waals surface area contributed by atoms with Crippen LogP contribution in [0.3, 0.4) is 0 Å². The summed E-state index contributed by atoms with van der Waals surface area (Å²) in [5.41, 5.74) is 3.89. The lowest BCUT2D eigenvalue weighted by molar-refractivity contribution is -0.172. The van der Waals surface area contributed by atoms with Gasteiger partial charge in [-0.25, -0.2) is 13.6 Å². The third-order valence-electron chi connectivity index (χ3n) is 15.0. The van der Waals surface area contributed by atoms with E-state index in [4.69, 9.17) is 0 Å². The Labute approximate surface area is 269 Å². The van der Waals surface area contributed by atoms with Crippen molar-refractivity contribution in [2.45, 2.75) is 116 Å². The van der Waals surface area contributed by atoms with E-state index < -0.39 is 11.9 Å². The maximum atomic E-state index is 13.7. The molecule has 4 saturated carbocycles. The first kappa shape index (κ1) is 31.8. The van der Waals surface area contributed by atoms with Crippen molar-refractivity contribution >= 4 is 11.5 Å². The van der Waals surface area contributed by atoms with Crippen LogP contribution < -0.4 is 5.32 Å². The van der Waals surface area contributed by atoms with E-state index in [0.29, 0.717) is 30.0 Å². The zero-order valence-corrected chi connectivity index (χ0v) is 28.1. The summed E-state index contributed by atoms with van der Waals surface area (Å²) < 4.78 is 27.4. The number of rotatable bonds is 6. The maximum absolute atomic E-state index is 13.7. The highest BCUT2D eigenvalue weighted by Crippen LogP contribution is 2.72. The number of halogens is 2. The molecule has 0 radical (unpaired) electrons. The van der Waals surface area contributed by atoms with Gasteiger partial charge in [0.25, 0.3) is 5.92 Å². The Bertz CT molecular complexity index is 1310. The first-order valence-corrected chi connectivity index (χ1v) is 18.2. The standard InChI is InChI=1S/C39H56F2N2O2/c1-35(2)29(26-7-9-27(10-8-26)34(44)45)13-17-37(4)32(35)15-18-36(3)30-14-19-38(16-5-6-31(38)28(30)11-12-33(36)37)42-22-25-43-23-20-39(40,41)21-24-43/h7-10,13,28,30-33,42H,5-6,11-12,14-25H2,1-4H3,(H,44,45). The number of carboxylic acid groups (broad SMARTS) is 1. The normalized spacial score (nSPS) is 42.1. The highest BCUT2D eigenvalue weighted by atomic mass is 19.3. The summed E-state index contributed by atoms with van der Waals surface area (Å²) in [6, 6.07) is 7.56. The Balaban J connectivity index is 1.07. The lowest BCUT2D eigenvalue weighted by Gasteiger charge is -2.68. The molecule has 7 rings (SSSR count). The highest BCUT2D eigenvalue weighted by molar-refractivity contribution is 5.88. The van der Waals surface area contributed by atoms with Crippen molar-refractivity contribution in [3.05, 3.63) is 41.5 Å². The number of carboxylic acids is 1. The number of carbonyl (C=O) groups is 1. The summed E-state index contributed by atoms with van der Waals surface area (Å²) in [4.78, 5) is 13.7. The van der Waals surface area contributed by atoms with E-state index in [1.54, 1.807) is 12.1 Å². The van der Waals surface area contributed by atoms with Gasteiger partial charge >= 0.3 is 5.97 Å². The Morgan fingerprint density at radius 1 is 0.867 bits per heavy atom. The summed E-state index contributed by atoms with van der Waals surface area (Å²) in [7, 11) is 0. The molecule has 2 N–H and O–H groups in total. The van der Waals surface area contributed by atoms with E-state index in [2.05, 4.69) is 44.0 Å². The van der Waals surface area contributed by atoms with E-state index in [0.717, 1.165) is 43.2 Å². The second-order valence-corrected chi connectivity index (χ2v) is 17.2. The average molecular weight is 623 g/mol. The van der Waals surface area contributed by atoms with Crippen LogP contribution in [0.25, 0.3) is 5.57 Å². The molecular weight excluding hydrogens is 566 g/mol. The van der Waals surface area contributed by atoms with Gasteiger partial charge in [0.05, 0.1) is 5.56 Å². The van der Waals surface area contributed by atoms with E-state index in [1.165, 1.54) is 68.9 Å². The second-order valence-electron chi connectivity index (χ2n) is 17.2. The van der Waals surface area contributed by atoms with Gasteiger partial charge in [-0.2, -0.15) is 0 Å². The molecular formula is C39H56F2N2O2. The van der Waals surface area contributed by atoms with E-state index in [9.17, 15) is 18.7 Å². The van der Waals surface area contributed by atoms with Crippen molar-refractivity contribution in [1.29, 1.82) is 0 Å². The maximum Gasteiger partial charge on any atom is 0.335 e. The highest BCUT2D eigenvalue weighted by Gasteiger charge is 2.65.